The van der Waals surface area contributed by atoms with Crippen LogP contribution in [0.15, 0.2) is 0 Å². The second-order valence-corrected chi connectivity index (χ2v) is 3.11. The molecule has 1 fully saturated rings. The largest absolute Gasteiger partial charge is 0.301 e. The molecule has 1 saturated heterocycles. The first kappa shape index (κ1) is 9.92. The van der Waals surface area contributed by atoms with Gasteiger partial charge in [0.15, 0.2) is 0 Å². The van der Waals surface area contributed by atoms with Gasteiger partial charge in [0.25, 0.3) is 0 Å². The van der Waals surface area contributed by atoms with E-state index in [9.17, 15) is 0 Å². The van der Waals surface area contributed by atoms with Crippen LogP contribution >= 0.6 is 0 Å². The molecule has 1 N–H and O–H groups in total. The van der Waals surface area contributed by atoms with Crippen molar-refractivity contribution >= 4 is 0 Å². The number of hydrogen-bond acceptors (Lipinski definition) is 4. The normalized spacial score (nSPS) is 21.5. The molecule has 0 aliphatic carbocycles. The minimum atomic E-state index is 0.423. The summed E-state index contributed by atoms with van der Waals surface area (Å²) in [6.07, 6.45) is 0. The fraction of sp³-hybridized carbons (Fsp3) is 1.00. The zero-order chi connectivity index (χ0) is 8.81. The third-order valence-electron chi connectivity index (χ3n) is 2.41. The fourth-order valence-electron chi connectivity index (χ4n) is 1.50. The molecule has 0 atom stereocenters. The lowest BCUT2D eigenvalue weighted by Crippen LogP contribution is -2.46. The van der Waals surface area contributed by atoms with E-state index >= 15 is 0 Å². The van der Waals surface area contributed by atoms with Crippen LogP contribution in [0.25, 0.3) is 0 Å². The van der Waals surface area contributed by atoms with Crippen LogP contribution in [0.3, 0.4) is 0 Å². The van der Waals surface area contributed by atoms with Crippen molar-refractivity contribution in [1.82, 2.24) is 9.80 Å². The highest BCUT2D eigenvalue weighted by Gasteiger charge is 2.14. The van der Waals surface area contributed by atoms with Gasteiger partial charge in [-0.1, -0.05) is 6.92 Å². The van der Waals surface area contributed by atoms with E-state index in [0.29, 0.717) is 6.61 Å². The van der Waals surface area contributed by atoms with Crippen LogP contribution in [0.4, 0.5) is 0 Å². The van der Waals surface area contributed by atoms with Gasteiger partial charge in [0.1, 0.15) is 0 Å². The number of piperazine rings is 1. The zero-order valence-electron chi connectivity index (χ0n) is 7.70. The smallest absolute Gasteiger partial charge is 0.0946 e. The molecule has 0 aromatic carbocycles. The molecular formula is C8H18N2O2. The van der Waals surface area contributed by atoms with Crippen molar-refractivity contribution in [2.24, 2.45) is 0 Å². The number of likely N-dealkylation sites (N-methyl/N-ethyl adjacent to an activating group) is 1. The van der Waals surface area contributed by atoms with E-state index in [4.69, 9.17) is 5.26 Å². The summed E-state index contributed by atoms with van der Waals surface area (Å²) in [7, 11) is 0. The van der Waals surface area contributed by atoms with Gasteiger partial charge in [-0.25, -0.2) is 4.89 Å². The van der Waals surface area contributed by atoms with Crippen molar-refractivity contribution in [1.29, 1.82) is 0 Å². The minimum Gasteiger partial charge on any atom is -0.301 e. The summed E-state index contributed by atoms with van der Waals surface area (Å²) >= 11 is 0. The molecule has 0 bridgehead atoms. The average Bonchev–Trinajstić information content (AvgIpc) is 2.15. The Hall–Kier alpha value is -0.160. The van der Waals surface area contributed by atoms with E-state index < -0.39 is 0 Å². The van der Waals surface area contributed by atoms with Crippen LogP contribution in [0.2, 0.25) is 0 Å². The lowest BCUT2D eigenvalue weighted by molar-refractivity contribution is -0.244. The van der Waals surface area contributed by atoms with E-state index in [0.717, 1.165) is 39.3 Å². The molecule has 1 rings (SSSR count). The Morgan fingerprint density at radius 3 is 2.25 bits per heavy atom. The highest BCUT2D eigenvalue weighted by molar-refractivity contribution is 4.70. The van der Waals surface area contributed by atoms with Crippen molar-refractivity contribution in [2.45, 2.75) is 6.92 Å². The molecule has 0 spiro atoms. The summed E-state index contributed by atoms with van der Waals surface area (Å²) in [5, 5.41) is 8.16. The first-order valence-corrected chi connectivity index (χ1v) is 4.58. The van der Waals surface area contributed by atoms with Crippen molar-refractivity contribution in [2.75, 3.05) is 45.9 Å². The van der Waals surface area contributed by atoms with E-state index in [1.54, 1.807) is 0 Å². The summed E-state index contributed by atoms with van der Waals surface area (Å²) in [4.78, 5) is 8.78. The fourth-order valence-corrected chi connectivity index (χ4v) is 1.50. The Kier molecular flexibility index (Phi) is 4.53. The monoisotopic (exact) mass is 174 g/mol. The highest BCUT2D eigenvalue weighted by atomic mass is 17.1. The van der Waals surface area contributed by atoms with Crippen LogP contribution in [0.5, 0.6) is 0 Å². The van der Waals surface area contributed by atoms with Crippen molar-refractivity contribution in [3.63, 3.8) is 0 Å². The van der Waals surface area contributed by atoms with Crippen LogP contribution in [0.1, 0.15) is 6.92 Å². The third kappa shape index (κ3) is 3.06. The Labute approximate surface area is 73.6 Å². The van der Waals surface area contributed by atoms with Crippen LogP contribution in [0, 0.1) is 0 Å². The number of rotatable bonds is 4. The lowest BCUT2D eigenvalue weighted by Gasteiger charge is -2.33. The van der Waals surface area contributed by atoms with E-state index in [2.05, 4.69) is 21.6 Å². The summed E-state index contributed by atoms with van der Waals surface area (Å²) < 4.78 is 0. The second-order valence-electron chi connectivity index (χ2n) is 3.11. The average molecular weight is 174 g/mol. The predicted molar refractivity (Wildman–Crippen MR) is 47.1 cm³/mol. The minimum absolute atomic E-state index is 0.423. The van der Waals surface area contributed by atoms with Gasteiger partial charge in [-0.2, -0.15) is 0 Å². The van der Waals surface area contributed by atoms with Crippen molar-refractivity contribution in [3.8, 4) is 0 Å². The number of hydrogen-bond donors (Lipinski definition) is 1. The molecule has 1 aliphatic rings. The zero-order valence-corrected chi connectivity index (χ0v) is 7.70. The molecule has 4 nitrogen and oxygen atoms in total. The van der Waals surface area contributed by atoms with Crippen LogP contribution in [-0.2, 0) is 4.89 Å². The Morgan fingerprint density at radius 2 is 1.75 bits per heavy atom. The van der Waals surface area contributed by atoms with Gasteiger partial charge in [0.2, 0.25) is 0 Å². The summed E-state index contributed by atoms with van der Waals surface area (Å²) in [5.41, 5.74) is 0. The maximum atomic E-state index is 8.16. The maximum Gasteiger partial charge on any atom is 0.0946 e. The molecule has 4 heteroatoms. The standard InChI is InChI=1S/C8H18N2O2/c1-2-9-3-5-10(6-4-9)7-8-12-11/h11H,2-8H2,1H3. The molecule has 0 saturated carbocycles. The van der Waals surface area contributed by atoms with E-state index in [1.807, 2.05) is 0 Å². The van der Waals surface area contributed by atoms with E-state index in [1.165, 1.54) is 0 Å². The Bertz CT molecular complexity index is 114. The van der Waals surface area contributed by atoms with Gasteiger partial charge < -0.3 is 4.90 Å². The van der Waals surface area contributed by atoms with Crippen molar-refractivity contribution < 1.29 is 10.1 Å². The first-order chi connectivity index (χ1) is 5.86. The van der Waals surface area contributed by atoms with E-state index in [-0.39, 0.29) is 0 Å². The molecule has 0 aromatic heterocycles. The van der Waals surface area contributed by atoms with Crippen LogP contribution in [-0.4, -0.2) is 60.9 Å². The quantitative estimate of drug-likeness (QED) is 0.485. The van der Waals surface area contributed by atoms with Gasteiger partial charge >= 0.3 is 0 Å². The molecule has 12 heavy (non-hydrogen) atoms. The van der Waals surface area contributed by atoms with Gasteiger partial charge in [-0.05, 0) is 6.54 Å². The molecule has 1 heterocycles. The summed E-state index contributed by atoms with van der Waals surface area (Å²) in [6.45, 7) is 9.06. The van der Waals surface area contributed by atoms with Gasteiger partial charge in [0.05, 0.1) is 6.61 Å². The SMILES string of the molecule is CCN1CCN(CCOO)CC1. The lowest BCUT2D eigenvalue weighted by atomic mass is 10.3. The maximum absolute atomic E-state index is 8.16. The molecule has 72 valence electrons. The summed E-state index contributed by atoms with van der Waals surface area (Å²) in [5.74, 6) is 0. The first-order valence-electron chi connectivity index (χ1n) is 4.58. The van der Waals surface area contributed by atoms with Crippen molar-refractivity contribution in [3.05, 3.63) is 0 Å². The molecule has 0 aromatic rings. The molecule has 1 aliphatic heterocycles. The highest BCUT2D eigenvalue weighted by Crippen LogP contribution is 1.99. The number of nitrogens with zero attached hydrogens (tertiary/aromatic N) is 2. The third-order valence-corrected chi connectivity index (χ3v) is 2.41. The van der Waals surface area contributed by atoms with Gasteiger partial charge in [-0.3, -0.25) is 10.2 Å². The molecule has 0 unspecified atom stereocenters. The molecular weight excluding hydrogens is 156 g/mol. The van der Waals surface area contributed by atoms with Crippen LogP contribution < -0.4 is 0 Å². The van der Waals surface area contributed by atoms with Gasteiger partial charge in [-0.15, -0.1) is 0 Å². The topological polar surface area (TPSA) is 35.9 Å². The summed E-state index contributed by atoms with van der Waals surface area (Å²) in [6, 6.07) is 0. The second kappa shape index (κ2) is 5.48. The molecule has 0 amide bonds. The Balaban J connectivity index is 2.09. The molecule has 0 radical (unpaired) electrons. The Morgan fingerprint density at radius 1 is 1.17 bits per heavy atom. The van der Waals surface area contributed by atoms with Gasteiger partial charge in [0, 0.05) is 32.7 Å². The predicted octanol–water partition coefficient (Wildman–Crippen LogP) is 0.114.